The summed E-state index contributed by atoms with van der Waals surface area (Å²) in [6.45, 7) is 7.04. The van der Waals surface area contributed by atoms with Crippen LogP contribution >= 0.6 is 0 Å². The molecule has 2 aromatic rings. The number of anilines is 1. The molecule has 0 spiro atoms. The minimum Gasteiger partial charge on any atom is -0.491 e. The zero-order chi connectivity index (χ0) is 15.2. The zero-order valence-electron chi connectivity index (χ0n) is 12.9. The van der Waals surface area contributed by atoms with Crippen LogP contribution in [-0.4, -0.2) is 6.61 Å². The van der Waals surface area contributed by atoms with Crippen molar-refractivity contribution in [2.75, 3.05) is 12.3 Å². The van der Waals surface area contributed by atoms with E-state index in [1.807, 2.05) is 30.3 Å². The van der Waals surface area contributed by atoms with Crippen LogP contribution in [0.5, 0.6) is 17.2 Å². The van der Waals surface area contributed by atoms with Gasteiger partial charge in [0.2, 0.25) is 0 Å². The standard InChI is InChI=1S/C18H23NO2/c1-4-10-20-18-12-16(8-9-17(18)19)21-15-7-5-6-14(11-15)13(2)3/h5-9,11-13H,4,10,19H2,1-3H3. The largest absolute Gasteiger partial charge is 0.491 e. The molecular formula is C18H23NO2. The highest BCUT2D eigenvalue weighted by Crippen LogP contribution is 2.31. The number of ether oxygens (including phenoxy) is 2. The van der Waals surface area contributed by atoms with Crippen LogP contribution in [0.1, 0.15) is 38.7 Å². The Morgan fingerprint density at radius 3 is 2.52 bits per heavy atom. The summed E-state index contributed by atoms with van der Waals surface area (Å²) in [5.74, 6) is 2.71. The predicted molar refractivity (Wildman–Crippen MR) is 87.2 cm³/mol. The second kappa shape index (κ2) is 7.02. The molecule has 0 aliphatic carbocycles. The Bertz CT molecular complexity index is 594. The summed E-state index contributed by atoms with van der Waals surface area (Å²) >= 11 is 0. The highest BCUT2D eigenvalue weighted by Gasteiger charge is 2.06. The summed E-state index contributed by atoms with van der Waals surface area (Å²) in [7, 11) is 0. The van der Waals surface area contributed by atoms with Crippen molar-refractivity contribution in [3.05, 3.63) is 48.0 Å². The lowest BCUT2D eigenvalue weighted by Crippen LogP contribution is -1.99. The van der Waals surface area contributed by atoms with Crippen LogP contribution in [0.3, 0.4) is 0 Å². The Kier molecular flexibility index (Phi) is 5.09. The van der Waals surface area contributed by atoms with Gasteiger partial charge >= 0.3 is 0 Å². The maximum Gasteiger partial charge on any atom is 0.145 e. The molecule has 0 aliphatic heterocycles. The van der Waals surface area contributed by atoms with E-state index in [0.717, 1.165) is 17.9 Å². The second-order valence-electron chi connectivity index (χ2n) is 5.38. The average molecular weight is 285 g/mol. The fraction of sp³-hybridized carbons (Fsp3) is 0.333. The van der Waals surface area contributed by atoms with Crippen molar-refractivity contribution < 1.29 is 9.47 Å². The van der Waals surface area contributed by atoms with Gasteiger partial charge in [0.25, 0.3) is 0 Å². The van der Waals surface area contributed by atoms with Gasteiger partial charge in [-0.05, 0) is 42.2 Å². The Labute approximate surface area is 126 Å². The van der Waals surface area contributed by atoms with Crippen molar-refractivity contribution in [3.8, 4) is 17.2 Å². The minimum atomic E-state index is 0.475. The predicted octanol–water partition coefficient (Wildman–Crippen LogP) is 4.97. The van der Waals surface area contributed by atoms with E-state index in [1.165, 1.54) is 5.56 Å². The van der Waals surface area contributed by atoms with Gasteiger partial charge in [-0.1, -0.05) is 32.9 Å². The third-order valence-electron chi connectivity index (χ3n) is 3.21. The molecule has 2 N–H and O–H groups in total. The lowest BCUT2D eigenvalue weighted by Gasteiger charge is -2.12. The second-order valence-corrected chi connectivity index (χ2v) is 5.38. The number of benzene rings is 2. The number of hydrogen-bond donors (Lipinski definition) is 1. The molecule has 2 aromatic carbocycles. The molecule has 0 aliphatic rings. The van der Waals surface area contributed by atoms with E-state index < -0.39 is 0 Å². The molecule has 2 rings (SSSR count). The Morgan fingerprint density at radius 2 is 1.81 bits per heavy atom. The van der Waals surface area contributed by atoms with Gasteiger partial charge in [0.1, 0.15) is 17.2 Å². The fourth-order valence-electron chi connectivity index (χ4n) is 1.99. The van der Waals surface area contributed by atoms with E-state index in [1.54, 1.807) is 0 Å². The number of hydrogen-bond acceptors (Lipinski definition) is 3. The van der Waals surface area contributed by atoms with Crippen molar-refractivity contribution in [2.45, 2.75) is 33.1 Å². The van der Waals surface area contributed by atoms with Crippen molar-refractivity contribution >= 4 is 5.69 Å². The SMILES string of the molecule is CCCOc1cc(Oc2cccc(C(C)C)c2)ccc1N. The van der Waals surface area contributed by atoms with E-state index in [2.05, 4.69) is 32.9 Å². The molecule has 0 fully saturated rings. The fourth-order valence-corrected chi connectivity index (χ4v) is 1.99. The van der Waals surface area contributed by atoms with Crippen LogP contribution in [0.4, 0.5) is 5.69 Å². The number of nitrogens with two attached hydrogens (primary N) is 1. The van der Waals surface area contributed by atoms with E-state index in [0.29, 0.717) is 24.0 Å². The van der Waals surface area contributed by atoms with Crippen LogP contribution < -0.4 is 15.2 Å². The molecule has 0 unspecified atom stereocenters. The molecule has 0 amide bonds. The lowest BCUT2D eigenvalue weighted by molar-refractivity contribution is 0.317. The topological polar surface area (TPSA) is 44.5 Å². The molecule has 3 heteroatoms. The van der Waals surface area contributed by atoms with Gasteiger partial charge in [0.05, 0.1) is 12.3 Å². The summed E-state index contributed by atoms with van der Waals surface area (Å²) < 4.78 is 11.5. The molecular weight excluding hydrogens is 262 g/mol. The molecule has 0 radical (unpaired) electrons. The Morgan fingerprint density at radius 1 is 1.05 bits per heavy atom. The van der Waals surface area contributed by atoms with Gasteiger partial charge in [-0.3, -0.25) is 0 Å². The van der Waals surface area contributed by atoms with Crippen molar-refractivity contribution in [2.24, 2.45) is 0 Å². The molecule has 3 nitrogen and oxygen atoms in total. The minimum absolute atomic E-state index is 0.475. The Balaban J connectivity index is 2.17. The molecule has 0 saturated carbocycles. The summed E-state index contributed by atoms with van der Waals surface area (Å²) in [4.78, 5) is 0. The van der Waals surface area contributed by atoms with Gasteiger partial charge < -0.3 is 15.2 Å². The summed E-state index contributed by atoms with van der Waals surface area (Å²) in [5, 5.41) is 0. The van der Waals surface area contributed by atoms with Gasteiger partial charge in [-0.15, -0.1) is 0 Å². The van der Waals surface area contributed by atoms with Gasteiger partial charge in [0, 0.05) is 6.07 Å². The molecule has 0 atom stereocenters. The van der Waals surface area contributed by atoms with Gasteiger partial charge in [0.15, 0.2) is 0 Å². The van der Waals surface area contributed by atoms with Gasteiger partial charge in [-0.25, -0.2) is 0 Å². The van der Waals surface area contributed by atoms with Crippen LogP contribution in [0.15, 0.2) is 42.5 Å². The molecule has 0 saturated heterocycles. The zero-order valence-corrected chi connectivity index (χ0v) is 12.9. The first-order chi connectivity index (χ1) is 10.1. The maximum atomic E-state index is 5.91. The summed E-state index contributed by atoms with van der Waals surface area (Å²) in [6, 6.07) is 13.6. The number of nitrogen functional groups attached to an aromatic ring is 1. The van der Waals surface area contributed by atoms with Crippen LogP contribution in [0.2, 0.25) is 0 Å². The van der Waals surface area contributed by atoms with Crippen molar-refractivity contribution in [1.82, 2.24) is 0 Å². The third-order valence-corrected chi connectivity index (χ3v) is 3.21. The maximum absolute atomic E-state index is 5.91. The van der Waals surface area contributed by atoms with E-state index in [-0.39, 0.29) is 0 Å². The third kappa shape index (κ3) is 4.15. The number of rotatable bonds is 6. The van der Waals surface area contributed by atoms with E-state index in [9.17, 15) is 0 Å². The van der Waals surface area contributed by atoms with Crippen LogP contribution in [-0.2, 0) is 0 Å². The normalized spacial score (nSPS) is 10.7. The average Bonchev–Trinajstić information content (AvgIpc) is 2.48. The first-order valence-corrected chi connectivity index (χ1v) is 7.40. The van der Waals surface area contributed by atoms with Crippen molar-refractivity contribution in [3.63, 3.8) is 0 Å². The highest BCUT2D eigenvalue weighted by molar-refractivity contribution is 5.56. The van der Waals surface area contributed by atoms with Gasteiger partial charge in [-0.2, -0.15) is 0 Å². The van der Waals surface area contributed by atoms with Crippen LogP contribution in [0, 0.1) is 0 Å². The van der Waals surface area contributed by atoms with E-state index >= 15 is 0 Å². The quantitative estimate of drug-likeness (QED) is 0.762. The summed E-state index contributed by atoms with van der Waals surface area (Å²) in [5.41, 5.74) is 7.79. The van der Waals surface area contributed by atoms with E-state index in [4.69, 9.17) is 15.2 Å². The molecule has 21 heavy (non-hydrogen) atoms. The molecule has 0 bridgehead atoms. The molecule has 0 heterocycles. The molecule has 0 aromatic heterocycles. The smallest absolute Gasteiger partial charge is 0.145 e. The van der Waals surface area contributed by atoms with Crippen molar-refractivity contribution in [1.29, 1.82) is 0 Å². The van der Waals surface area contributed by atoms with Crippen LogP contribution in [0.25, 0.3) is 0 Å². The monoisotopic (exact) mass is 285 g/mol. The summed E-state index contributed by atoms with van der Waals surface area (Å²) in [6.07, 6.45) is 0.945. The lowest BCUT2D eigenvalue weighted by atomic mass is 10.0. The first kappa shape index (κ1) is 15.2. The molecule has 112 valence electrons. The first-order valence-electron chi connectivity index (χ1n) is 7.40. The Hall–Kier alpha value is -2.16. The highest BCUT2D eigenvalue weighted by atomic mass is 16.5.